The molecule has 22 heavy (non-hydrogen) atoms. The first-order chi connectivity index (χ1) is 10.5. The maximum atomic E-state index is 12.4. The highest BCUT2D eigenvalue weighted by atomic mass is 16.5. The van der Waals surface area contributed by atoms with Gasteiger partial charge in [-0.25, -0.2) is 0 Å². The summed E-state index contributed by atoms with van der Waals surface area (Å²) >= 11 is 0. The molecule has 118 valence electrons. The molecule has 2 nitrogen and oxygen atoms in total. The quantitative estimate of drug-likeness (QED) is 0.769. The lowest BCUT2D eigenvalue weighted by molar-refractivity contribution is -0.129. The van der Waals surface area contributed by atoms with Gasteiger partial charge in [-0.1, -0.05) is 19.9 Å². The number of hydrogen-bond donors (Lipinski definition) is 0. The van der Waals surface area contributed by atoms with Crippen LogP contribution in [0.2, 0.25) is 0 Å². The normalized spacial score (nSPS) is 39.9. The molecule has 1 aromatic rings. The molecule has 1 aromatic carbocycles. The molecule has 0 spiro atoms. The van der Waals surface area contributed by atoms with E-state index in [1.54, 1.807) is 7.11 Å². The summed E-state index contributed by atoms with van der Waals surface area (Å²) in [7, 11) is 1.74. The SMILES string of the molecule is COc1ccc2c(c1)C[C@H](C)[C@@H]1[C@@H]2CC[C@@]2(C)C(=O)CC[C@@H]12. The number of ketones is 1. The predicted octanol–water partition coefficient (Wildman–Crippen LogP) is 4.37. The van der Waals surface area contributed by atoms with Crippen LogP contribution >= 0.6 is 0 Å². The summed E-state index contributed by atoms with van der Waals surface area (Å²) in [5, 5.41) is 0. The largest absolute Gasteiger partial charge is 0.497 e. The Morgan fingerprint density at radius 2 is 2.09 bits per heavy atom. The van der Waals surface area contributed by atoms with Crippen LogP contribution in [-0.4, -0.2) is 12.9 Å². The van der Waals surface area contributed by atoms with Gasteiger partial charge in [-0.3, -0.25) is 4.79 Å². The van der Waals surface area contributed by atoms with Crippen molar-refractivity contribution in [3.63, 3.8) is 0 Å². The van der Waals surface area contributed by atoms with Gasteiger partial charge in [0.1, 0.15) is 11.5 Å². The van der Waals surface area contributed by atoms with Gasteiger partial charge in [0.25, 0.3) is 0 Å². The zero-order valence-electron chi connectivity index (χ0n) is 13.9. The fourth-order valence-electron chi connectivity index (χ4n) is 5.85. The van der Waals surface area contributed by atoms with Crippen LogP contribution in [0.5, 0.6) is 5.75 Å². The van der Waals surface area contributed by atoms with Crippen molar-refractivity contribution >= 4 is 5.78 Å². The van der Waals surface area contributed by atoms with E-state index in [0.717, 1.165) is 31.4 Å². The fourth-order valence-corrected chi connectivity index (χ4v) is 5.85. The smallest absolute Gasteiger partial charge is 0.139 e. The molecule has 4 rings (SSSR count). The molecule has 5 atom stereocenters. The molecule has 0 N–H and O–H groups in total. The van der Waals surface area contributed by atoms with Gasteiger partial charge in [-0.2, -0.15) is 0 Å². The molecule has 0 aliphatic heterocycles. The highest BCUT2D eigenvalue weighted by Gasteiger charge is 2.56. The third-order valence-corrected chi connectivity index (χ3v) is 6.99. The summed E-state index contributed by atoms with van der Waals surface area (Å²) in [5.74, 6) is 4.11. The van der Waals surface area contributed by atoms with E-state index in [1.165, 1.54) is 17.5 Å². The Morgan fingerprint density at radius 1 is 1.27 bits per heavy atom. The van der Waals surface area contributed by atoms with Gasteiger partial charge < -0.3 is 4.74 Å². The van der Waals surface area contributed by atoms with Gasteiger partial charge in [0, 0.05) is 11.8 Å². The molecule has 2 fully saturated rings. The van der Waals surface area contributed by atoms with Crippen LogP contribution in [0.1, 0.15) is 56.6 Å². The summed E-state index contributed by atoms with van der Waals surface area (Å²) < 4.78 is 5.41. The maximum Gasteiger partial charge on any atom is 0.139 e. The van der Waals surface area contributed by atoms with E-state index in [4.69, 9.17) is 4.74 Å². The summed E-state index contributed by atoms with van der Waals surface area (Å²) in [6.45, 7) is 4.65. The molecule has 0 unspecified atom stereocenters. The molecule has 0 amide bonds. The van der Waals surface area contributed by atoms with E-state index in [0.29, 0.717) is 29.5 Å². The highest BCUT2D eigenvalue weighted by Crippen LogP contribution is 2.60. The average molecular weight is 298 g/mol. The van der Waals surface area contributed by atoms with Crippen LogP contribution in [0.15, 0.2) is 18.2 Å². The molecule has 2 saturated carbocycles. The fraction of sp³-hybridized carbons (Fsp3) is 0.650. The van der Waals surface area contributed by atoms with E-state index in [9.17, 15) is 4.79 Å². The van der Waals surface area contributed by atoms with E-state index in [1.807, 2.05) is 0 Å². The van der Waals surface area contributed by atoms with Gasteiger partial charge in [-0.05, 0) is 72.6 Å². The minimum Gasteiger partial charge on any atom is -0.497 e. The van der Waals surface area contributed by atoms with Crippen LogP contribution < -0.4 is 4.74 Å². The molecule has 0 radical (unpaired) electrons. The van der Waals surface area contributed by atoms with Crippen molar-refractivity contribution < 1.29 is 9.53 Å². The topological polar surface area (TPSA) is 26.3 Å². The number of rotatable bonds is 1. The third kappa shape index (κ3) is 1.82. The summed E-state index contributed by atoms with van der Waals surface area (Å²) in [4.78, 5) is 12.4. The van der Waals surface area contributed by atoms with Crippen molar-refractivity contribution in [1.82, 2.24) is 0 Å². The zero-order chi connectivity index (χ0) is 15.5. The molecule has 2 heteroatoms. The molecule has 0 aromatic heterocycles. The summed E-state index contributed by atoms with van der Waals surface area (Å²) in [5.41, 5.74) is 2.98. The molecule has 0 heterocycles. The number of carbonyl (C=O) groups is 1. The van der Waals surface area contributed by atoms with Crippen molar-refractivity contribution in [1.29, 1.82) is 0 Å². The van der Waals surface area contributed by atoms with Gasteiger partial charge >= 0.3 is 0 Å². The van der Waals surface area contributed by atoms with Crippen LogP contribution in [-0.2, 0) is 11.2 Å². The van der Waals surface area contributed by atoms with Gasteiger partial charge in [-0.15, -0.1) is 0 Å². The van der Waals surface area contributed by atoms with E-state index in [-0.39, 0.29) is 5.41 Å². The predicted molar refractivity (Wildman–Crippen MR) is 87.2 cm³/mol. The second-order valence-electron chi connectivity index (χ2n) is 7.95. The van der Waals surface area contributed by atoms with Crippen molar-refractivity contribution in [2.45, 2.75) is 51.9 Å². The second-order valence-corrected chi connectivity index (χ2v) is 7.95. The first-order valence-corrected chi connectivity index (χ1v) is 8.74. The van der Waals surface area contributed by atoms with E-state index < -0.39 is 0 Å². The van der Waals surface area contributed by atoms with Crippen LogP contribution in [0, 0.1) is 23.2 Å². The Balaban J connectivity index is 1.75. The van der Waals surface area contributed by atoms with Gasteiger partial charge in [0.05, 0.1) is 7.11 Å². The Bertz CT molecular complexity index is 620. The minimum atomic E-state index is -0.0284. The van der Waals surface area contributed by atoms with Crippen molar-refractivity contribution in [3.8, 4) is 5.75 Å². The van der Waals surface area contributed by atoms with Crippen LogP contribution in [0.3, 0.4) is 0 Å². The number of ether oxygens (including phenoxy) is 1. The average Bonchev–Trinajstić information content (AvgIpc) is 2.82. The first kappa shape index (κ1) is 14.3. The van der Waals surface area contributed by atoms with Gasteiger partial charge in [0.2, 0.25) is 0 Å². The highest BCUT2D eigenvalue weighted by molar-refractivity contribution is 5.87. The number of benzene rings is 1. The molecule has 3 aliphatic rings. The lowest BCUT2D eigenvalue weighted by atomic mass is 9.53. The van der Waals surface area contributed by atoms with Crippen molar-refractivity contribution in [2.75, 3.05) is 7.11 Å². The van der Waals surface area contributed by atoms with Gasteiger partial charge in [0.15, 0.2) is 0 Å². The van der Waals surface area contributed by atoms with Crippen LogP contribution in [0.25, 0.3) is 0 Å². The summed E-state index contributed by atoms with van der Waals surface area (Å²) in [6, 6.07) is 6.63. The Labute approximate surface area is 133 Å². The van der Waals surface area contributed by atoms with E-state index in [2.05, 4.69) is 32.0 Å². The first-order valence-electron chi connectivity index (χ1n) is 8.74. The Kier molecular flexibility index (Phi) is 3.15. The molecule has 0 bridgehead atoms. The number of methoxy groups -OCH3 is 1. The second kappa shape index (κ2) is 4.84. The number of fused-ring (bicyclic) bond motifs is 5. The van der Waals surface area contributed by atoms with Crippen molar-refractivity contribution in [2.24, 2.45) is 23.2 Å². The lowest BCUT2D eigenvalue weighted by Gasteiger charge is -2.51. The standard InChI is InChI=1S/C20H26O2/c1-12-10-13-11-14(22-3)4-5-15(13)16-8-9-20(2)17(19(12)16)6-7-18(20)21/h4-5,11-12,16-17,19H,6-10H2,1-3H3/t12-,16+,17-,19+,20+/m0/s1. The minimum absolute atomic E-state index is 0.0284. The molecular weight excluding hydrogens is 272 g/mol. The zero-order valence-corrected chi connectivity index (χ0v) is 13.9. The Hall–Kier alpha value is -1.31. The summed E-state index contributed by atoms with van der Waals surface area (Å²) in [6.07, 6.45) is 5.32. The van der Waals surface area contributed by atoms with Crippen molar-refractivity contribution in [3.05, 3.63) is 29.3 Å². The maximum absolute atomic E-state index is 12.4. The molecule has 3 aliphatic carbocycles. The number of carbonyl (C=O) groups excluding carboxylic acids is 1. The third-order valence-electron chi connectivity index (χ3n) is 6.99. The Morgan fingerprint density at radius 3 is 2.86 bits per heavy atom. The molecule has 0 saturated heterocycles. The van der Waals surface area contributed by atoms with E-state index >= 15 is 0 Å². The monoisotopic (exact) mass is 298 g/mol. The lowest BCUT2D eigenvalue weighted by Crippen LogP contribution is -2.45. The number of Topliss-reactive ketones (excluding diaryl/α,β-unsaturated/α-hetero) is 1. The number of hydrogen-bond acceptors (Lipinski definition) is 2. The van der Waals surface area contributed by atoms with Crippen LogP contribution in [0.4, 0.5) is 0 Å². The molecular formula is C20H26O2.